The van der Waals surface area contributed by atoms with Crippen molar-refractivity contribution in [1.29, 1.82) is 0 Å². The second-order valence-corrected chi connectivity index (χ2v) is 15.8. The quantitative estimate of drug-likeness (QED) is 0.0612. The third-order valence-corrected chi connectivity index (χ3v) is 11.3. The Morgan fingerprint density at radius 1 is 0.656 bits per heavy atom. The predicted octanol–water partition coefficient (Wildman–Crippen LogP) is -9.60. The summed E-state index contributed by atoms with van der Waals surface area (Å²) < 4.78 is 46.6. The molecule has 27 nitrogen and oxygen atoms in total. The lowest BCUT2D eigenvalue weighted by molar-refractivity contribution is -0.388. The van der Waals surface area contributed by atoms with Crippen molar-refractivity contribution in [3.63, 3.8) is 0 Å². The van der Waals surface area contributed by atoms with Crippen molar-refractivity contribution >= 4 is 11.7 Å². The standard InChI is InChI=1S/C37H61N3O24/c1-12-21(48)25(52)27(54)35(57-12)63-32-20(40-13(2)45)34(60-18(11-44)31(32)62-36-28(55)26(53)23(50)16(9-42)58-36)64-33-24(51)17(10-43)59-37(29(33)56)61-30(15(47)8-41)22(49)14(46)7-39-19-5-3-4-6-38-19/h3-6,12,14-18,20-37,41-44,46-56H,7-11H2,1-2H3,(H,38,39)(H,40,45)/t12-,14-,15+,16+,17+,18+,20+,21+,22+,23-,24-,25+,26-,27-,28+,29+,30+,31+,32+,33-,34-,35-,36-,37-/m0/s1. The molecule has 4 aliphatic heterocycles. The number of anilines is 1. The van der Waals surface area contributed by atoms with E-state index in [9.17, 15) is 81.4 Å². The maximum Gasteiger partial charge on any atom is 0.217 e. The van der Waals surface area contributed by atoms with E-state index in [1.165, 1.54) is 13.1 Å². The van der Waals surface area contributed by atoms with Crippen LogP contribution in [0.2, 0.25) is 0 Å². The zero-order chi connectivity index (χ0) is 47.2. The first-order chi connectivity index (χ1) is 30.4. The second-order valence-electron chi connectivity index (χ2n) is 15.8. The summed E-state index contributed by atoms with van der Waals surface area (Å²) in [5.41, 5.74) is 0. The number of aromatic nitrogens is 1. The van der Waals surface area contributed by atoms with E-state index in [0.29, 0.717) is 5.82 Å². The molecule has 17 N–H and O–H groups in total. The van der Waals surface area contributed by atoms with E-state index >= 15 is 0 Å². The molecule has 24 atom stereocenters. The topological polar surface area (TPSA) is 431 Å². The number of nitrogens with one attached hydrogen (secondary N) is 2. The molecule has 4 aliphatic rings. The molecule has 0 saturated carbocycles. The molecule has 0 unspecified atom stereocenters. The SMILES string of the molecule is CC(=O)N[C@H]1[C@H](O[C@H]2[C@@H](O)[C@@H](CO)O[C@@H](O[C@@H]([C@H](O)[C@@H](O)CNc3ccccn3)[C@H](O)CO)[C@@H]2O)O[C@H](CO)[C@@H](O[C@@H]2O[C@H](CO)[C@H](O)[C@H](O)[C@H]2O)[C@@H]1O[C@@H]1O[C@@H](C)[C@@H](O)[C@@H](O)[C@@H]1O. The van der Waals surface area contributed by atoms with Crippen LogP contribution in [-0.4, -0.2) is 268 Å². The van der Waals surface area contributed by atoms with Gasteiger partial charge in [0.1, 0.15) is 116 Å². The van der Waals surface area contributed by atoms with Gasteiger partial charge in [-0.3, -0.25) is 4.79 Å². The van der Waals surface area contributed by atoms with Gasteiger partial charge in [-0.1, -0.05) is 6.07 Å². The Balaban J connectivity index is 1.46. The highest BCUT2D eigenvalue weighted by Gasteiger charge is 2.57. The van der Waals surface area contributed by atoms with Gasteiger partial charge in [-0.15, -0.1) is 0 Å². The van der Waals surface area contributed by atoms with E-state index in [4.69, 9.17) is 37.9 Å². The third-order valence-electron chi connectivity index (χ3n) is 11.3. The van der Waals surface area contributed by atoms with Crippen LogP contribution in [0, 0.1) is 0 Å². The van der Waals surface area contributed by atoms with Crippen LogP contribution in [0.15, 0.2) is 24.4 Å². The van der Waals surface area contributed by atoms with Gasteiger partial charge in [0.2, 0.25) is 5.91 Å². The van der Waals surface area contributed by atoms with E-state index < -0.39 is 180 Å². The minimum absolute atomic E-state index is 0.304. The molecular weight excluding hydrogens is 870 g/mol. The summed E-state index contributed by atoms with van der Waals surface area (Å²) in [6.07, 6.45) is -41.2. The largest absolute Gasteiger partial charge is 0.394 e. The fourth-order valence-corrected chi connectivity index (χ4v) is 7.65. The summed E-state index contributed by atoms with van der Waals surface area (Å²) >= 11 is 0. The minimum atomic E-state index is -2.18. The molecule has 0 spiro atoms. The van der Waals surface area contributed by atoms with Crippen LogP contribution in [-0.2, 0) is 42.7 Å². The van der Waals surface area contributed by atoms with Gasteiger partial charge in [-0.05, 0) is 19.1 Å². The molecule has 4 fully saturated rings. The molecule has 0 aromatic carbocycles. The summed E-state index contributed by atoms with van der Waals surface area (Å²) in [7, 11) is 0. The molecule has 0 bridgehead atoms. The lowest BCUT2D eigenvalue weighted by Gasteiger charge is -2.51. The van der Waals surface area contributed by atoms with Crippen molar-refractivity contribution in [2.45, 2.75) is 161 Å². The van der Waals surface area contributed by atoms with Crippen LogP contribution in [0.1, 0.15) is 13.8 Å². The summed E-state index contributed by atoms with van der Waals surface area (Å²) in [6, 6.07) is 3.08. The van der Waals surface area contributed by atoms with Crippen LogP contribution in [0.5, 0.6) is 0 Å². The Morgan fingerprint density at radius 3 is 1.81 bits per heavy atom. The fraction of sp³-hybridized carbons (Fsp3) is 0.838. The van der Waals surface area contributed by atoms with Crippen LogP contribution in [0.25, 0.3) is 0 Å². The zero-order valence-electron chi connectivity index (χ0n) is 34.5. The van der Waals surface area contributed by atoms with Gasteiger partial charge in [0.05, 0.1) is 38.6 Å². The fourth-order valence-electron chi connectivity index (χ4n) is 7.65. The maximum absolute atomic E-state index is 12.9. The first-order valence-corrected chi connectivity index (χ1v) is 20.4. The van der Waals surface area contributed by atoms with Crippen molar-refractivity contribution in [2.75, 3.05) is 38.3 Å². The van der Waals surface area contributed by atoms with Crippen molar-refractivity contribution in [2.24, 2.45) is 0 Å². The van der Waals surface area contributed by atoms with E-state index in [1.807, 2.05) is 0 Å². The van der Waals surface area contributed by atoms with E-state index in [1.54, 1.807) is 18.2 Å². The zero-order valence-corrected chi connectivity index (χ0v) is 34.5. The summed E-state index contributed by atoms with van der Waals surface area (Å²) in [5.74, 6) is -0.536. The number of ether oxygens (including phenoxy) is 8. The monoisotopic (exact) mass is 931 g/mol. The highest BCUT2D eigenvalue weighted by molar-refractivity contribution is 5.73. The number of hydrogen-bond donors (Lipinski definition) is 17. The first-order valence-electron chi connectivity index (χ1n) is 20.4. The Bertz CT molecular complexity index is 1560. The van der Waals surface area contributed by atoms with Gasteiger partial charge >= 0.3 is 0 Å². The van der Waals surface area contributed by atoms with Gasteiger partial charge in [0.15, 0.2) is 25.2 Å². The predicted molar refractivity (Wildman–Crippen MR) is 205 cm³/mol. The Hall–Kier alpha value is -2.50. The van der Waals surface area contributed by atoms with Gasteiger partial charge in [0, 0.05) is 19.7 Å². The van der Waals surface area contributed by atoms with Crippen molar-refractivity contribution < 1.29 is 119 Å². The smallest absolute Gasteiger partial charge is 0.217 e. The third kappa shape index (κ3) is 12.0. The Kier molecular flexibility index (Phi) is 19.3. The highest BCUT2D eigenvalue weighted by atomic mass is 16.8. The van der Waals surface area contributed by atoms with Crippen molar-refractivity contribution in [3.8, 4) is 0 Å². The molecule has 64 heavy (non-hydrogen) atoms. The first kappa shape index (κ1) is 52.5. The van der Waals surface area contributed by atoms with Crippen LogP contribution in [0.4, 0.5) is 5.82 Å². The molecule has 5 heterocycles. The van der Waals surface area contributed by atoms with Crippen molar-refractivity contribution in [1.82, 2.24) is 10.3 Å². The van der Waals surface area contributed by atoms with Gasteiger partial charge in [-0.25, -0.2) is 4.98 Å². The van der Waals surface area contributed by atoms with Crippen LogP contribution < -0.4 is 10.6 Å². The van der Waals surface area contributed by atoms with Gasteiger partial charge < -0.3 is 125 Å². The minimum Gasteiger partial charge on any atom is -0.394 e. The molecule has 27 heteroatoms. The normalized spacial score (nSPS) is 42.6. The van der Waals surface area contributed by atoms with Crippen LogP contribution >= 0.6 is 0 Å². The molecule has 1 aromatic heterocycles. The second kappa shape index (κ2) is 23.5. The molecule has 4 saturated heterocycles. The summed E-state index contributed by atoms with van der Waals surface area (Å²) in [6.45, 7) is -1.95. The number of carbonyl (C=O) groups is 1. The average Bonchev–Trinajstić information content (AvgIpc) is 3.28. The number of aliphatic hydroxyl groups excluding tert-OH is 15. The maximum atomic E-state index is 12.9. The molecule has 1 amide bonds. The summed E-state index contributed by atoms with van der Waals surface area (Å²) in [5, 5.41) is 165. The lowest BCUT2D eigenvalue weighted by Crippen LogP contribution is -2.71. The van der Waals surface area contributed by atoms with Crippen LogP contribution in [0.3, 0.4) is 0 Å². The summed E-state index contributed by atoms with van der Waals surface area (Å²) in [4.78, 5) is 16.9. The number of hydrogen-bond acceptors (Lipinski definition) is 26. The number of rotatable bonds is 19. The lowest BCUT2D eigenvalue weighted by atomic mass is 9.93. The Morgan fingerprint density at radius 2 is 1.22 bits per heavy atom. The number of carbonyl (C=O) groups excluding carboxylic acids is 1. The number of aliphatic hydroxyl groups is 15. The highest BCUT2D eigenvalue weighted by Crippen LogP contribution is 2.36. The number of amides is 1. The van der Waals surface area contributed by atoms with Gasteiger partial charge in [0.25, 0.3) is 0 Å². The molecule has 0 aliphatic carbocycles. The molecule has 0 radical (unpaired) electrons. The van der Waals surface area contributed by atoms with E-state index in [-0.39, 0.29) is 6.54 Å². The molecule has 368 valence electrons. The van der Waals surface area contributed by atoms with Crippen molar-refractivity contribution in [3.05, 3.63) is 24.4 Å². The molecular formula is C37H61N3O24. The molecule has 5 rings (SSSR count). The number of nitrogens with zero attached hydrogens (tertiary/aromatic N) is 1. The average molecular weight is 932 g/mol. The van der Waals surface area contributed by atoms with E-state index in [0.717, 1.165) is 6.92 Å². The van der Waals surface area contributed by atoms with Gasteiger partial charge in [-0.2, -0.15) is 0 Å². The molecule has 1 aromatic rings. The number of pyridine rings is 1. The van der Waals surface area contributed by atoms with E-state index in [2.05, 4.69) is 15.6 Å². The Labute approximate surface area is 364 Å².